The summed E-state index contributed by atoms with van der Waals surface area (Å²) in [6.45, 7) is 1.53. The second-order valence-corrected chi connectivity index (χ2v) is 4.38. The number of ether oxygens (including phenoxy) is 2. The summed E-state index contributed by atoms with van der Waals surface area (Å²) < 4.78 is 10.2. The molecule has 0 heterocycles. The van der Waals surface area contributed by atoms with Crippen molar-refractivity contribution in [3.63, 3.8) is 0 Å². The van der Waals surface area contributed by atoms with Crippen molar-refractivity contribution >= 4 is 5.69 Å². The average molecular weight is 254 g/mol. The maximum Gasteiger partial charge on any atom is 0.123 e. The third-order valence-electron chi connectivity index (χ3n) is 2.63. The molecule has 1 aromatic rings. The number of aliphatic hydroxyl groups is 1. The molecule has 5 heteroatoms. The maximum atomic E-state index is 9.66. The quantitative estimate of drug-likeness (QED) is 0.702. The van der Waals surface area contributed by atoms with Gasteiger partial charge < -0.3 is 20.3 Å². The Bertz CT molecular complexity index is 371. The van der Waals surface area contributed by atoms with E-state index < -0.39 is 6.10 Å². The predicted molar refractivity (Wildman–Crippen MR) is 71.6 cm³/mol. The molecular formula is C13H22N2O3. The molecular weight excluding hydrogens is 232 g/mol. The Morgan fingerprint density at radius 2 is 2.11 bits per heavy atom. The number of hydrogen-bond donors (Lipinski definition) is 2. The molecule has 0 aliphatic heterocycles. The summed E-state index contributed by atoms with van der Waals surface area (Å²) in [5, 5.41) is 9.66. The highest BCUT2D eigenvalue weighted by Gasteiger charge is 2.11. The molecule has 0 amide bonds. The van der Waals surface area contributed by atoms with Gasteiger partial charge in [-0.15, -0.1) is 0 Å². The van der Waals surface area contributed by atoms with Crippen LogP contribution in [-0.2, 0) is 11.3 Å². The fourth-order valence-electron chi connectivity index (χ4n) is 1.88. The Morgan fingerprint density at radius 3 is 2.72 bits per heavy atom. The zero-order valence-electron chi connectivity index (χ0n) is 11.2. The standard InChI is InChI=1S/C13H22N2O3/c1-15(8-12(16)9-17-2)7-10-6-11(14)4-5-13(10)18-3/h4-6,12,16H,7-9,14H2,1-3H3. The molecule has 102 valence electrons. The normalized spacial score (nSPS) is 12.7. The zero-order chi connectivity index (χ0) is 13.5. The first-order chi connectivity index (χ1) is 8.56. The third kappa shape index (κ3) is 4.52. The highest BCUT2D eigenvalue weighted by molar-refractivity contribution is 5.47. The van der Waals surface area contributed by atoms with Crippen LogP contribution in [-0.4, -0.2) is 50.5 Å². The van der Waals surface area contributed by atoms with E-state index in [0.717, 1.165) is 11.3 Å². The van der Waals surface area contributed by atoms with E-state index in [1.165, 1.54) is 0 Å². The average Bonchev–Trinajstić information content (AvgIpc) is 2.29. The summed E-state index contributed by atoms with van der Waals surface area (Å²) in [5.41, 5.74) is 7.47. The Labute approximate surface area is 108 Å². The first kappa shape index (κ1) is 14.8. The Morgan fingerprint density at radius 1 is 1.39 bits per heavy atom. The predicted octanol–water partition coefficient (Wildman–Crippen LogP) is 0.716. The maximum absolute atomic E-state index is 9.66. The van der Waals surface area contributed by atoms with E-state index in [9.17, 15) is 5.11 Å². The monoisotopic (exact) mass is 254 g/mol. The van der Waals surface area contributed by atoms with Crippen molar-refractivity contribution in [2.45, 2.75) is 12.6 Å². The van der Waals surface area contributed by atoms with Crippen molar-refractivity contribution in [3.05, 3.63) is 23.8 Å². The Kier molecular flexibility index (Phi) is 5.91. The van der Waals surface area contributed by atoms with Gasteiger partial charge in [0.05, 0.1) is 19.8 Å². The van der Waals surface area contributed by atoms with Gasteiger partial charge in [-0.3, -0.25) is 4.90 Å². The van der Waals surface area contributed by atoms with Gasteiger partial charge in [-0.2, -0.15) is 0 Å². The zero-order valence-corrected chi connectivity index (χ0v) is 11.2. The Hall–Kier alpha value is -1.30. The molecule has 1 aromatic carbocycles. The summed E-state index contributed by atoms with van der Waals surface area (Å²) in [6.07, 6.45) is -0.493. The first-order valence-electron chi connectivity index (χ1n) is 5.84. The highest BCUT2D eigenvalue weighted by Crippen LogP contribution is 2.22. The lowest BCUT2D eigenvalue weighted by molar-refractivity contribution is 0.0417. The van der Waals surface area contributed by atoms with Crippen LogP contribution in [0.25, 0.3) is 0 Å². The molecule has 0 fully saturated rings. The van der Waals surface area contributed by atoms with E-state index in [1.54, 1.807) is 14.2 Å². The molecule has 0 aliphatic rings. The molecule has 3 N–H and O–H groups in total. The van der Waals surface area contributed by atoms with E-state index in [4.69, 9.17) is 15.2 Å². The number of nitrogens with zero attached hydrogens (tertiary/aromatic N) is 1. The van der Waals surface area contributed by atoms with Crippen LogP contribution in [0.2, 0.25) is 0 Å². The van der Waals surface area contributed by atoms with Gasteiger partial charge in [0.1, 0.15) is 5.75 Å². The molecule has 0 saturated carbocycles. The molecule has 1 unspecified atom stereocenters. The fourth-order valence-corrected chi connectivity index (χ4v) is 1.88. The number of aliphatic hydroxyl groups excluding tert-OH is 1. The molecule has 0 aromatic heterocycles. The fraction of sp³-hybridized carbons (Fsp3) is 0.538. The summed E-state index contributed by atoms with van der Waals surface area (Å²) >= 11 is 0. The van der Waals surface area contributed by atoms with Gasteiger partial charge in [0.25, 0.3) is 0 Å². The second kappa shape index (κ2) is 7.20. The van der Waals surface area contributed by atoms with E-state index in [1.807, 2.05) is 30.1 Å². The molecule has 0 aliphatic carbocycles. The smallest absolute Gasteiger partial charge is 0.123 e. The van der Waals surface area contributed by atoms with Gasteiger partial charge in [0.15, 0.2) is 0 Å². The second-order valence-electron chi connectivity index (χ2n) is 4.38. The summed E-state index contributed by atoms with van der Waals surface area (Å²) in [5.74, 6) is 0.803. The van der Waals surface area contributed by atoms with Crippen molar-refractivity contribution in [3.8, 4) is 5.75 Å². The summed E-state index contributed by atoms with van der Waals surface area (Å²) in [6, 6.07) is 5.55. The lowest BCUT2D eigenvalue weighted by Gasteiger charge is -2.21. The molecule has 0 saturated heterocycles. The van der Waals surface area contributed by atoms with Crippen LogP contribution in [0.3, 0.4) is 0 Å². The minimum absolute atomic E-state index is 0.332. The molecule has 5 nitrogen and oxygen atoms in total. The lowest BCUT2D eigenvalue weighted by Crippen LogP contribution is -2.31. The van der Waals surface area contributed by atoms with Gasteiger partial charge in [-0.25, -0.2) is 0 Å². The number of nitrogens with two attached hydrogens (primary N) is 1. The van der Waals surface area contributed by atoms with Crippen molar-refractivity contribution in [1.29, 1.82) is 0 Å². The van der Waals surface area contributed by atoms with Crippen LogP contribution in [0.4, 0.5) is 5.69 Å². The Balaban J connectivity index is 2.63. The minimum atomic E-state index is -0.493. The van der Waals surface area contributed by atoms with Crippen LogP contribution < -0.4 is 10.5 Å². The molecule has 0 radical (unpaired) electrons. The summed E-state index contributed by atoms with van der Waals surface area (Å²) in [7, 11) is 5.14. The third-order valence-corrected chi connectivity index (χ3v) is 2.63. The minimum Gasteiger partial charge on any atom is -0.496 e. The highest BCUT2D eigenvalue weighted by atomic mass is 16.5. The number of benzene rings is 1. The van der Waals surface area contributed by atoms with Crippen LogP contribution >= 0.6 is 0 Å². The summed E-state index contributed by atoms with van der Waals surface area (Å²) in [4.78, 5) is 2.00. The van der Waals surface area contributed by atoms with Crippen LogP contribution in [0, 0.1) is 0 Å². The van der Waals surface area contributed by atoms with E-state index in [-0.39, 0.29) is 0 Å². The number of likely N-dealkylation sites (N-methyl/N-ethyl adjacent to an activating group) is 1. The van der Waals surface area contributed by atoms with Crippen LogP contribution in [0.1, 0.15) is 5.56 Å². The van der Waals surface area contributed by atoms with Gasteiger partial charge >= 0.3 is 0 Å². The molecule has 18 heavy (non-hydrogen) atoms. The van der Waals surface area contributed by atoms with Gasteiger partial charge in [-0.1, -0.05) is 0 Å². The number of nitrogen functional groups attached to an aromatic ring is 1. The largest absolute Gasteiger partial charge is 0.496 e. The van der Waals surface area contributed by atoms with Gasteiger partial charge in [0, 0.05) is 31.5 Å². The van der Waals surface area contributed by atoms with E-state index >= 15 is 0 Å². The SMILES string of the molecule is COCC(O)CN(C)Cc1cc(N)ccc1OC. The van der Waals surface area contributed by atoms with E-state index in [0.29, 0.717) is 25.4 Å². The molecule has 0 spiro atoms. The topological polar surface area (TPSA) is 68.0 Å². The number of hydrogen-bond acceptors (Lipinski definition) is 5. The number of anilines is 1. The van der Waals surface area contributed by atoms with Crippen molar-refractivity contribution in [1.82, 2.24) is 4.90 Å². The van der Waals surface area contributed by atoms with E-state index in [2.05, 4.69) is 0 Å². The first-order valence-corrected chi connectivity index (χ1v) is 5.84. The lowest BCUT2D eigenvalue weighted by atomic mass is 10.1. The van der Waals surface area contributed by atoms with Gasteiger partial charge in [-0.05, 0) is 25.2 Å². The molecule has 1 rings (SSSR count). The van der Waals surface area contributed by atoms with Crippen molar-refractivity contribution in [2.75, 3.05) is 40.2 Å². The molecule has 0 bridgehead atoms. The van der Waals surface area contributed by atoms with Crippen molar-refractivity contribution < 1.29 is 14.6 Å². The number of rotatable bonds is 7. The van der Waals surface area contributed by atoms with Crippen LogP contribution in [0.5, 0.6) is 5.75 Å². The van der Waals surface area contributed by atoms with Gasteiger partial charge in [0.2, 0.25) is 0 Å². The number of methoxy groups -OCH3 is 2. The van der Waals surface area contributed by atoms with Crippen LogP contribution in [0.15, 0.2) is 18.2 Å². The molecule has 1 atom stereocenters. The van der Waals surface area contributed by atoms with Crippen molar-refractivity contribution in [2.24, 2.45) is 0 Å².